The summed E-state index contributed by atoms with van der Waals surface area (Å²) in [7, 11) is 0. The van der Waals surface area contributed by atoms with Crippen molar-refractivity contribution in [2.45, 2.75) is 38.1 Å². The second-order valence-corrected chi connectivity index (χ2v) is 5.60. The average Bonchev–Trinajstić information content (AvgIpc) is 2.75. The Morgan fingerprint density at radius 3 is 3.17 bits per heavy atom. The summed E-state index contributed by atoms with van der Waals surface area (Å²) in [6.45, 7) is 0.538. The van der Waals surface area contributed by atoms with E-state index in [0.717, 1.165) is 24.1 Å². The first-order valence-electron chi connectivity index (χ1n) is 6.32. The highest BCUT2D eigenvalue weighted by molar-refractivity contribution is 7.10. The molecule has 1 fully saturated rings. The molecule has 18 heavy (non-hydrogen) atoms. The molecule has 0 spiro atoms. The molecule has 2 heterocycles. The maximum absolute atomic E-state index is 11.7. The maximum Gasteiger partial charge on any atom is 0.225 e. The second kappa shape index (κ2) is 6.54. The summed E-state index contributed by atoms with van der Waals surface area (Å²) in [6, 6.07) is 3.99. The zero-order valence-corrected chi connectivity index (χ0v) is 11.1. The van der Waals surface area contributed by atoms with Crippen LogP contribution in [0.3, 0.4) is 0 Å². The smallest absolute Gasteiger partial charge is 0.225 e. The molecule has 5 heteroatoms. The number of carbonyl (C=O) groups excluding carboxylic acids is 2. The predicted octanol–water partition coefficient (Wildman–Crippen LogP) is 1.47. The van der Waals surface area contributed by atoms with Crippen LogP contribution in [-0.2, 0) is 16.0 Å². The van der Waals surface area contributed by atoms with Gasteiger partial charge in [0.05, 0.1) is 6.42 Å². The lowest BCUT2D eigenvalue weighted by Crippen LogP contribution is -2.42. The number of rotatable bonds is 4. The highest BCUT2D eigenvalue weighted by atomic mass is 32.1. The summed E-state index contributed by atoms with van der Waals surface area (Å²) in [5, 5.41) is 7.80. The summed E-state index contributed by atoms with van der Waals surface area (Å²) in [5.74, 6) is 0.126. The molecular weight excluding hydrogens is 248 g/mol. The first kappa shape index (κ1) is 13.1. The van der Waals surface area contributed by atoms with Gasteiger partial charge in [0.15, 0.2) is 0 Å². The molecular formula is C13H18N2O2S. The Morgan fingerprint density at radius 1 is 1.50 bits per heavy atom. The molecule has 1 aliphatic heterocycles. The highest BCUT2D eigenvalue weighted by Crippen LogP contribution is 2.10. The molecule has 1 aliphatic rings. The molecule has 0 bridgehead atoms. The van der Waals surface area contributed by atoms with Crippen molar-refractivity contribution < 1.29 is 9.59 Å². The zero-order valence-electron chi connectivity index (χ0n) is 10.3. The largest absolute Gasteiger partial charge is 0.354 e. The van der Waals surface area contributed by atoms with Crippen LogP contribution >= 0.6 is 11.3 Å². The van der Waals surface area contributed by atoms with E-state index in [1.165, 1.54) is 0 Å². The minimum absolute atomic E-state index is 0.0240. The summed E-state index contributed by atoms with van der Waals surface area (Å²) in [5.41, 5.74) is 0. The predicted molar refractivity (Wildman–Crippen MR) is 71.4 cm³/mol. The van der Waals surface area contributed by atoms with E-state index in [1.54, 1.807) is 11.3 Å². The molecule has 1 aromatic rings. The first-order valence-corrected chi connectivity index (χ1v) is 7.20. The quantitative estimate of drug-likeness (QED) is 0.867. The lowest BCUT2D eigenvalue weighted by molar-refractivity contribution is -0.123. The van der Waals surface area contributed by atoms with Crippen LogP contribution in [0.4, 0.5) is 0 Å². The van der Waals surface area contributed by atoms with Crippen molar-refractivity contribution in [1.82, 2.24) is 10.6 Å². The van der Waals surface area contributed by atoms with Crippen molar-refractivity contribution >= 4 is 23.2 Å². The van der Waals surface area contributed by atoms with Crippen molar-refractivity contribution in [2.75, 3.05) is 6.54 Å². The van der Waals surface area contributed by atoms with Crippen LogP contribution in [0.2, 0.25) is 0 Å². The first-order chi connectivity index (χ1) is 8.74. The summed E-state index contributed by atoms with van der Waals surface area (Å²) in [6.07, 6.45) is 3.98. The fourth-order valence-corrected chi connectivity index (χ4v) is 2.78. The Labute approximate surface area is 111 Å². The SMILES string of the molecule is O=C(Cc1cccs1)NCC1CCCCC(=O)N1. The van der Waals surface area contributed by atoms with E-state index >= 15 is 0 Å². The highest BCUT2D eigenvalue weighted by Gasteiger charge is 2.16. The Morgan fingerprint density at radius 2 is 2.39 bits per heavy atom. The molecule has 0 radical (unpaired) electrons. The van der Waals surface area contributed by atoms with Gasteiger partial charge in [-0.05, 0) is 24.3 Å². The number of amides is 2. The Bertz CT molecular complexity index is 403. The molecule has 98 valence electrons. The van der Waals surface area contributed by atoms with Gasteiger partial charge in [-0.3, -0.25) is 9.59 Å². The normalized spacial score (nSPS) is 20.0. The van der Waals surface area contributed by atoms with Gasteiger partial charge in [-0.1, -0.05) is 12.5 Å². The van der Waals surface area contributed by atoms with E-state index in [1.807, 2.05) is 17.5 Å². The number of hydrogen-bond donors (Lipinski definition) is 2. The average molecular weight is 266 g/mol. The second-order valence-electron chi connectivity index (χ2n) is 4.57. The van der Waals surface area contributed by atoms with Gasteiger partial charge in [-0.15, -0.1) is 11.3 Å². The van der Waals surface area contributed by atoms with Gasteiger partial charge in [0.2, 0.25) is 11.8 Å². The molecule has 1 atom stereocenters. The number of nitrogens with one attached hydrogen (secondary N) is 2. The molecule has 1 saturated heterocycles. The van der Waals surface area contributed by atoms with Crippen LogP contribution in [0.15, 0.2) is 17.5 Å². The standard InChI is InChI=1S/C13H18N2O2S/c16-12-6-2-1-4-10(15-12)9-14-13(17)8-11-5-3-7-18-11/h3,5,7,10H,1-2,4,6,8-9H2,(H,14,17)(H,15,16). The van der Waals surface area contributed by atoms with Crippen LogP contribution in [-0.4, -0.2) is 24.4 Å². The maximum atomic E-state index is 11.7. The summed E-state index contributed by atoms with van der Waals surface area (Å²) in [4.78, 5) is 24.1. The molecule has 0 aromatic carbocycles. The molecule has 2 amide bonds. The van der Waals surface area contributed by atoms with Gasteiger partial charge in [-0.2, -0.15) is 0 Å². The minimum Gasteiger partial charge on any atom is -0.354 e. The Balaban J connectivity index is 1.73. The Kier molecular flexibility index (Phi) is 4.75. The van der Waals surface area contributed by atoms with Gasteiger partial charge in [0, 0.05) is 23.9 Å². The molecule has 0 saturated carbocycles. The van der Waals surface area contributed by atoms with E-state index in [2.05, 4.69) is 10.6 Å². The molecule has 1 unspecified atom stereocenters. The van der Waals surface area contributed by atoms with Gasteiger partial charge >= 0.3 is 0 Å². The number of hydrogen-bond acceptors (Lipinski definition) is 3. The van der Waals surface area contributed by atoms with E-state index in [0.29, 0.717) is 19.4 Å². The topological polar surface area (TPSA) is 58.2 Å². The van der Waals surface area contributed by atoms with E-state index in [-0.39, 0.29) is 17.9 Å². The van der Waals surface area contributed by atoms with E-state index < -0.39 is 0 Å². The van der Waals surface area contributed by atoms with E-state index in [9.17, 15) is 9.59 Å². The minimum atomic E-state index is 0.0240. The van der Waals surface area contributed by atoms with Crippen LogP contribution in [0.1, 0.15) is 30.6 Å². The molecule has 0 aliphatic carbocycles. The van der Waals surface area contributed by atoms with Crippen LogP contribution in [0.5, 0.6) is 0 Å². The third kappa shape index (κ3) is 4.14. The van der Waals surface area contributed by atoms with Crippen molar-refractivity contribution in [3.8, 4) is 0 Å². The fraction of sp³-hybridized carbons (Fsp3) is 0.538. The Hall–Kier alpha value is -1.36. The van der Waals surface area contributed by atoms with Crippen molar-refractivity contribution in [2.24, 2.45) is 0 Å². The van der Waals surface area contributed by atoms with Crippen LogP contribution in [0, 0.1) is 0 Å². The van der Waals surface area contributed by atoms with Gasteiger partial charge < -0.3 is 10.6 Å². The van der Waals surface area contributed by atoms with E-state index in [4.69, 9.17) is 0 Å². The fourth-order valence-electron chi connectivity index (χ4n) is 2.07. The lowest BCUT2D eigenvalue weighted by Gasteiger charge is -2.16. The van der Waals surface area contributed by atoms with Crippen LogP contribution < -0.4 is 10.6 Å². The van der Waals surface area contributed by atoms with Crippen molar-refractivity contribution in [3.05, 3.63) is 22.4 Å². The van der Waals surface area contributed by atoms with Crippen molar-refractivity contribution in [3.63, 3.8) is 0 Å². The zero-order chi connectivity index (χ0) is 12.8. The van der Waals surface area contributed by atoms with Crippen molar-refractivity contribution in [1.29, 1.82) is 0 Å². The lowest BCUT2D eigenvalue weighted by atomic mass is 10.1. The number of carbonyl (C=O) groups is 2. The van der Waals surface area contributed by atoms with Crippen LogP contribution in [0.25, 0.3) is 0 Å². The van der Waals surface area contributed by atoms with Gasteiger partial charge in [0.25, 0.3) is 0 Å². The molecule has 4 nitrogen and oxygen atoms in total. The third-order valence-corrected chi connectivity index (χ3v) is 3.91. The molecule has 1 aromatic heterocycles. The van der Waals surface area contributed by atoms with Gasteiger partial charge in [-0.25, -0.2) is 0 Å². The number of thiophene rings is 1. The van der Waals surface area contributed by atoms with Gasteiger partial charge in [0.1, 0.15) is 0 Å². The monoisotopic (exact) mass is 266 g/mol. The summed E-state index contributed by atoms with van der Waals surface area (Å²) >= 11 is 1.59. The summed E-state index contributed by atoms with van der Waals surface area (Å²) < 4.78 is 0. The molecule has 2 N–H and O–H groups in total. The molecule has 2 rings (SSSR count). The third-order valence-electron chi connectivity index (χ3n) is 3.03.